The third kappa shape index (κ3) is 4.83. The lowest BCUT2D eigenvalue weighted by Crippen LogP contribution is -2.85. The van der Waals surface area contributed by atoms with Crippen molar-refractivity contribution >= 4 is 10.8 Å². The summed E-state index contributed by atoms with van der Waals surface area (Å²) in [5.74, 6) is 0.954. The second kappa shape index (κ2) is 8.56. The third-order valence-electron chi connectivity index (χ3n) is 3.38. The van der Waals surface area contributed by atoms with Crippen LogP contribution in [0.2, 0.25) is 0 Å². The molecule has 0 bridgehead atoms. The SMILES string of the molecule is OCC[NH2+]CCCCCOc1ccc2ccccc2c1. The topological polar surface area (TPSA) is 46.1 Å². The summed E-state index contributed by atoms with van der Waals surface area (Å²) >= 11 is 0. The molecule has 3 nitrogen and oxygen atoms in total. The Kier molecular flexibility index (Phi) is 6.35. The number of benzene rings is 2. The first kappa shape index (κ1) is 14.8. The Morgan fingerprint density at radius 2 is 1.75 bits per heavy atom. The molecule has 0 aromatic heterocycles. The molecule has 0 heterocycles. The van der Waals surface area contributed by atoms with Gasteiger partial charge in [-0.3, -0.25) is 0 Å². The first-order valence-corrected chi connectivity index (χ1v) is 7.44. The zero-order valence-electron chi connectivity index (χ0n) is 11.9. The summed E-state index contributed by atoms with van der Waals surface area (Å²) in [6, 6.07) is 14.6. The van der Waals surface area contributed by atoms with Crippen molar-refractivity contribution in [2.24, 2.45) is 0 Å². The number of unbranched alkanes of at least 4 members (excludes halogenated alkanes) is 2. The molecule has 0 aliphatic carbocycles. The van der Waals surface area contributed by atoms with Crippen molar-refractivity contribution in [1.29, 1.82) is 0 Å². The minimum Gasteiger partial charge on any atom is -0.494 e. The van der Waals surface area contributed by atoms with Crippen molar-refractivity contribution < 1.29 is 15.2 Å². The fourth-order valence-corrected chi connectivity index (χ4v) is 2.25. The summed E-state index contributed by atoms with van der Waals surface area (Å²) in [7, 11) is 0. The zero-order chi connectivity index (χ0) is 14.0. The predicted octanol–water partition coefficient (Wildman–Crippen LogP) is 1.94. The summed E-state index contributed by atoms with van der Waals surface area (Å²) in [6.07, 6.45) is 3.44. The van der Waals surface area contributed by atoms with E-state index in [0.29, 0.717) is 0 Å². The number of hydrogen-bond acceptors (Lipinski definition) is 2. The Bertz CT molecular complexity index is 513. The molecule has 0 saturated carbocycles. The molecular formula is C17H24NO2+. The molecule has 0 aliphatic heterocycles. The molecule has 108 valence electrons. The van der Waals surface area contributed by atoms with Crippen molar-refractivity contribution in [3.05, 3.63) is 42.5 Å². The molecular weight excluding hydrogens is 250 g/mol. The van der Waals surface area contributed by atoms with Crippen LogP contribution in [0.1, 0.15) is 19.3 Å². The Balaban J connectivity index is 1.65. The van der Waals surface area contributed by atoms with Crippen LogP contribution in [0.4, 0.5) is 0 Å². The van der Waals surface area contributed by atoms with Crippen LogP contribution in [0.5, 0.6) is 5.75 Å². The average molecular weight is 274 g/mol. The van der Waals surface area contributed by atoms with Crippen molar-refractivity contribution in [1.82, 2.24) is 0 Å². The summed E-state index contributed by atoms with van der Waals surface area (Å²) < 4.78 is 5.79. The Morgan fingerprint density at radius 1 is 0.900 bits per heavy atom. The van der Waals surface area contributed by atoms with Gasteiger partial charge in [-0.05, 0) is 42.2 Å². The van der Waals surface area contributed by atoms with E-state index in [1.54, 1.807) is 0 Å². The Labute approximate surface area is 120 Å². The molecule has 0 unspecified atom stereocenters. The standard InChI is InChI=1S/C17H23NO2/c19-12-11-18-10-4-1-5-13-20-17-9-8-15-6-2-3-7-16(15)14-17/h2-3,6-9,14,18-19H,1,4-5,10-13H2/p+1. The Morgan fingerprint density at radius 3 is 2.60 bits per heavy atom. The zero-order valence-corrected chi connectivity index (χ0v) is 11.9. The molecule has 0 aliphatic rings. The highest BCUT2D eigenvalue weighted by Gasteiger charge is 1.97. The van der Waals surface area contributed by atoms with Gasteiger partial charge >= 0.3 is 0 Å². The minimum absolute atomic E-state index is 0.269. The fourth-order valence-electron chi connectivity index (χ4n) is 2.25. The van der Waals surface area contributed by atoms with Crippen molar-refractivity contribution in [2.75, 3.05) is 26.3 Å². The lowest BCUT2D eigenvalue weighted by Gasteiger charge is -2.07. The van der Waals surface area contributed by atoms with Gasteiger partial charge in [-0.25, -0.2) is 0 Å². The summed E-state index contributed by atoms with van der Waals surface area (Å²) in [5.41, 5.74) is 0. The summed E-state index contributed by atoms with van der Waals surface area (Å²) in [4.78, 5) is 0. The van der Waals surface area contributed by atoms with Crippen LogP contribution in [0.3, 0.4) is 0 Å². The highest BCUT2D eigenvalue weighted by molar-refractivity contribution is 5.83. The van der Waals surface area contributed by atoms with Crippen LogP contribution in [0.25, 0.3) is 10.8 Å². The third-order valence-corrected chi connectivity index (χ3v) is 3.38. The lowest BCUT2D eigenvalue weighted by molar-refractivity contribution is -0.656. The van der Waals surface area contributed by atoms with Gasteiger partial charge in [0.1, 0.15) is 5.75 Å². The van der Waals surface area contributed by atoms with E-state index in [-0.39, 0.29) is 6.61 Å². The minimum atomic E-state index is 0.269. The Hall–Kier alpha value is -1.58. The van der Waals surface area contributed by atoms with Crippen molar-refractivity contribution in [2.45, 2.75) is 19.3 Å². The van der Waals surface area contributed by atoms with Crippen LogP contribution < -0.4 is 10.1 Å². The summed E-state index contributed by atoms with van der Waals surface area (Å²) in [5, 5.41) is 13.3. The van der Waals surface area contributed by atoms with Gasteiger partial charge in [-0.15, -0.1) is 0 Å². The molecule has 0 atom stereocenters. The van der Waals surface area contributed by atoms with Gasteiger partial charge in [-0.2, -0.15) is 0 Å². The van der Waals surface area contributed by atoms with Gasteiger partial charge in [0.15, 0.2) is 0 Å². The van der Waals surface area contributed by atoms with E-state index in [0.717, 1.165) is 31.9 Å². The number of aliphatic hydroxyl groups excluding tert-OH is 1. The number of quaternary nitrogens is 1. The number of hydrogen-bond donors (Lipinski definition) is 2. The smallest absolute Gasteiger partial charge is 0.119 e. The van der Waals surface area contributed by atoms with E-state index in [2.05, 4.69) is 41.7 Å². The highest BCUT2D eigenvalue weighted by atomic mass is 16.5. The molecule has 20 heavy (non-hydrogen) atoms. The molecule has 0 amide bonds. The van der Waals surface area contributed by atoms with Crippen LogP contribution in [0, 0.1) is 0 Å². The largest absolute Gasteiger partial charge is 0.494 e. The van der Waals surface area contributed by atoms with Gasteiger partial charge in [0.05, 0.1) is 26.3 Å². The molecule has 0 fully saturated rings. The van der Waals surface area contributed by atoms with E-state index in [4.69, 9.17) is 9.84 Å². The highest BCUT2D eigenvalue weighted by Crippen LogP contribution is 2.20. The summed E-state index contributed by atoms with van der Waals surface area (Å²) in [6.45, 7) is 2.95. The van der Waals surface area contributed by atoms with Crippen LogP contribution >= 0.6 is 0 Å². The van der Waals surface area contributed by atoms with E-state index in [1.807, 2.05) is 6.07 Å². The van der Waals surface area contributed by atoms with Gasteiger partial charge in [0.2, 0.25) is 0 Å². The molecule has 2 rings (SSSR count). The second-order valence-electron chi connectivity index (χ2n) is 5.01. The van der Waals surface area contributed by atoms with E-state index in [1.165, 1.54) is 23.6 Å². The number of rotatable bonds is 9. The van der Waals surface area contributed by atoms with Gasteiger partial charge in [-0.1, -0.05) is 30.3 Å². The molecule has 0 saturated heterocycles. The van der Waals surface area contributed by atoms with E-state index >= 15 is 0 Å². The monoisotopic (exact) mass is 274 g/mol. The maximum atomic E-state index is 8.66. The first-order chi connectivity index (χ1) is 9.90. The maximum absolute atomic E-state index is 8.66. The van der Waals surface area contributed by atoms with Crippen molar-refractivity contribution in [3.8, 4) is 5.75 Å². The van der Waals surface area contributed by atoms with Gasteiger partial charge < -0.3 is 15.2 Å². The van der Waals surface area contributed by atoms with Crippen LogP contribution in [-0.2, 0) is 0 Å². The second-order valence-corrected chi connectivity index (χ2v) is 5.01. The van der Waals surface area contributed by atoms with Crippen LogP contribution in [-0.4, -0.2) is 31.4 Å². The van der Waals surface area contributed by atoms with E-state index < -0.39 is 0 Å². The van der Waals surface area contributed by atoms with E-state index in [9.17, 15) is 0 Å². The van der Waals surface area contributed by atoms with Gasteiger partial charge in [0, 0.05) is 0 Å². The molecule has 2 aromatic carbocycles. The molecule has 0 radical (unpaired) electrons. The number of ether oxygens (including phenoxy) is 1. The molecule has 3 N–H and O–H groups in total. The maximum Gasteiger partial charge on any atom is 0.119 e. The van der Waals surface area contributed by atoms with Crippen LogP contribution in [0.15, 0.2) is 42.5 Å². The normalized spacial score (nSPS) is 10.8. The lowest BCUT2D eigenvalue weighted by atomic mass is 10.1. The first-order valence-electron chi connectivity index (χ1n) is 7.44. The molecule has 3 heteroatoms. The quantitative estimate of drug-likeness (QED) is 0.687. The van der Waals surface area contributed by atoms with Gasteiger partial charge in [0.25, 0.3) is 0 Å². The van der Waals surface area contributed by atoms with Crippen molar-refractivity contribution in [3.63, 3.8) is 0 Å². The number of nitrogens with two attached hydrogens (primary N) is 1. The predicted molar refractivity (Wildman–Crippen MR) is 82.0 cm³/mol. The average Bonchev–Trinajstić information content (AvgIpc) is 2.50. The molecule has 0 spiro atoms. The number of fused-ring (bicyclic) bond motifs is 1. The molecule has 2 aromatic rings. The number of aliphatic hydroxyl groups is 1. The fraction of sp³-hybridized carbons (Fsp3) is 0.412.